The van der Waals surface area contributed by atoms with E-state index in [9.17, 15) is 0 Å². The maximum absolute atomic E-state index is 2.54. The van der Waals surface area contributed by atoms with Crippen molar-refractivity contribution in [3.05, 3.63) is 249 Å². The van der Waals surface area contributed by atoms with Gasteiger partial charge >= 0.3 is 0 Å². The number of para-hydroxylation sites is 4. The highest BCUT2D eigenvalue weighted by Gasteiger charge is 2.35. The lowest BCUT2D eigenvalue weighted by Crippen LogP contribution is -2.10. The molecule has 4 aliphatic carbocycles. The number of aromatic nitrogens is 2. The lowest BCUT2D eigenvalue weighted by atomic mass is 9.87. The molecule has 0 amide bonds. The van der Waals surface area contributed by atoms with Gasteiger partial charge in [-0.1, -0.05) is 296 Å². The van der Waals surface area contributed by atoms with Crippen LogP contribution in [-0.4, -0.2) is 9.13 Å². The minimum atomic E-state index is 0.997. The fourth-order valence-corrected chi connectivity index (χ4v) is 14.2. The Hall–Kier alpha value is -8.20. The third-order valence-electron chi connectivity index (χ3n) is 16.9. The van der Waals surface area contributed by atoms with Crippen molar-refractivity contribution in [2.24, 2.45) is 0 Å². The van der Waals surface area contributed by atoms with Crippen LogP contribution < -0.4 is 0 Å². The van der Waals surface area contributed by atoms with E-state index in [1.165, 1.54) is 166 Å². The van der Waals surface area contributed by atoms with Crippen molar-refractivity contribution >= 4 is 43.6 Å². The normalized spacial score (nSPS) is 11.6. The average molecular weight is 1160 g/mol. The second kappa shape index (κ2) is 31.1. The minimum absolute atomic E-state index is 0.997. The molecule has 0 atom stereocenters. The number of fused-ring (bicyclic) bond motifs is 26. The van der Waals surface area contributed by atoms with Gasteiger partial charge in [0.25, 0.3) is 0 Å². The molecule has 0 fully saturated rings. The number of hydrogen-bond acceptors (Lipinski definition) is 0. The van der Waals surface area contributed by atoms with Crippen LogP contribution in [-0.2, 0) is 38.5 Å². The molecule has 2 aliphatic heterocycles. The summed E-state index contributed by atoms with van der Waals surface area (Å²) >= 11 is 0. The van der Waals surface area contributed by atoms with Gasteiger partial charge in [0.05, 0.1) is 33.4 Å². The minimum Gasteiger partial charge on any atom is -0.309 e. The largest absolute Gasteiger partial charge is 0.309 e. The number of hydrogen-bond donors (Lipinski definition) is 0. The highest BCUT2D eigenvalue weighted by atomic mass is 15.0. The molecular weight excluding hydrogens is 1060 g/mol. The molecule has 0 bridgehead atoms. The zero-order chi connectivity index (χ0) is 63.9. The Morgan fingerprint density at radius 2 is 0.523 bits per heavy atom. The van der Waals surface area contributed by atoms with Crippen molar-refractivity contribution < 1.29 is 0 Å². The lowest BCUT2D eigenvalue weighted by Gasteiger charge is -2.24. The molecule has 0 spiro atoms. The van der Waals surface area contributed by atoms with Crippen molar-refractivity contribution in [3.63, 3.8) is 0 Å². The van der Waals surface area contributed by atoms with Gasteiger partial charge in [-0.2, -0.15) is 0 Å². The van der Waals surface area contributed by atoms with Crippen molar-refractivity contribution in [1.29, 1.82) is 0 Å². The molecule has 0 radical (unpaired) electrons. The van der Waals surface area contributed by atoms with E-state index in [0.29, 0.717) is 0 Å². The fraction of sp³-hybridized carbons (Fsp3) is 0.302. The van der Waals surface area contributed by atoms with Crippen molar-refractivity contribution in [2.75, 3.05) is 0 Å². The van der Waals surface area contributed by atoms with Gasteiger partial charge in [0.2, 0.25) is 0 Å². The third-order valence-corrected chi connectivity index (χ3v) is 16.9. The molecule has 0 unspecified atom stereocenters. The topological polar surface area (TPSA) is 9.86 Å². The van der Waals surface area contributed by atoms with Gasteiger partial charge in [0, 0.05) is 34.4 Å². The summed E-state index contributed by atoms with van der Waals surface area (Å²) in [5, 5.41) is 5.44. The van der Waals surface area contributed by atoms with E-state index in [1.54, 1.807) is 0 Å². The molecular formula is C86H102N2. The van der Waals surface area contributed by atoms with E-state index in [0.717, 1.165) is 38.5 Å². The van der Waals surface area contributed by atoms with Gasteiger partial charge < -0.3 is 9.13 Å². The Kier molecular flexibility index (Phi) is 23.8. The molecule has 12 aromatic rings. The molecule has 2 nitrogen and oxygen atoms in total. The molecule has 2 heteroatoms. The summed E-state index contributed by atoms with van der Waals surface area (Å²) in [5.41, 5.74) is 37.7. The summed E-state index contributed by atoms with van der Waals surface area (Å²) in [7, 11) is 0. The van der Waals surface area contributed by atoms with Crippen LogP contribution in [0.4, 0.5) is 0 Å². The molecule has 456 valence electrons. The zero-order valence-electron chi connectivity index (χ0n) is 57.5. The maximum atomic E-state index is 2.54. The molecule has 0 N–H and O–H groups in total. The third kappa shape index (κ3) is 11.0. The molecule has 2 aromatic heterocycles. The first-order valence-corrected chi connectivity index (χ1v) is 34.5. The second-order valence-corrected chi connectivity index (χ2v) is 20.2. The number of benzene rings is 10. The summed E-state index contributed by atoms with van der Waals surface area (Å²) in [6, 6.07) is 68.6. The maximum Gasteiger partial charge on any atom is 0.0576 e. The number of rotatable bonds is 0. The predicted molar refractivity (Wildman–Crippen MR) is 394 cm³/mol. The van der Waals surface area contributed by atoms with Crippen LogP contribution in [0.1, 0.15) is 205 Å². The SMILES string of the molecule is CC.CC.CC.CC.CC.CC.CC.CC.CC.CC.c1ccc2c(c1)Cc1c-2ccc2c1-c1c(ccc3c1Cc1cccc4c5ccccc5n-3c14)C2.c1ccc2c(c1)Cc1ccc3c(c1-2)-c1c(ccc2c1Cc1cccc4c5ccccc5n-2c14)C3. The summed E-state index contributed by atoms with van der Waals surface area (Å²) in [6.45, 7) is 40.0. The second-order valence-electron chi connectivity index (χ2n) is 20.2. The van der Waals surface area contributed by atoms with E-state index in [4.69, 9.17) is 0 Å². The standard InChI is InChI=1S/2C33H21N.10C2H6/c1-2-8-23-19(6-1)17-27-24(23)14-12-20-16-21-13-15-30-28(32(21)31(20)27)18-22-7-5-10-26-25-9-3-4-11-29(25)34(30)33(22)26;1-2-8-24-19(6-1)16-20-12-13-22-17-21-14-15-29-27(31(21)32(22)30(20)24)18-23-7-5-10-26-25-9-3-4-11-28(25)34(29)33(23)26;10*1-2/h2*1-15H,16-18H2;10*1-2H3. The van der Waals surface area contributed by atoms with Crippen LogP contribution >= 0.6 is 0 Å². The van der Waals surface area contributed by atoms with Crippen LogP contribution in [0, 0.1) is 0 Å². The monoisotopic (exact) mass is 1160 g/mol. The Balaban J connectivity index is 0.000000196. The van der Waals surface area contributed by atoms with Gasteiger partial charge in [0.1, 0.15) is 0 Å². The molecule has 6 aliphatic rings. The fourth-order valence-electron chi connectivity index (χ4n) is 14.2. The first-order valence-electron chi connectivity index (χ1n) is 34.5. The Morgan fingerprint density at radius 3 is 1.01 bits per heavy atom. The highest BCUT2D eigenvalue weighted by Crippen LogP contribution is 2.54. The number of nitrogens with zero attached hydrogens (tertiary/aromatic N) is 2. The molecule has 88 heavy (non-hydrogen) atoms. The molecule has 10 aromatic carbocycles. The van der Waals surface area contributed by atoms with Crippen LogP contribution in [0.15, 0.2) is 182 Å². The summed E-state index contributed by atoms with van der Waals surface area (Å²) < 4.78 is 5.07. The summed E-state index contributed by atoms with van der Waals surface area (Å²) in [5.74, 6) is 0. The van der Waals surface area contributed by atoms with Crippen LogP contribution in [0.25, 0.3) is 99.5 Å². The van der Waals surface area contributed by atoms with E-state index in [2.05, 4.69) is 191 Å². The van der Waals surface area contributed by atoms with Crippen LogP contribution in [0.5, 0.6) is 0 Å². The molecule has 18 rings (SSSR count). The first-order chi connectivity index (χ1) is 43.7. The first kappa shape index (κ1) is 67.3. The smallest absolute Gasteiger partial charge is 0.0576 e. The average Bonchev–Trinajstić information content (AvgIpc) is 1.70. The Morgan fingerprint density at radius 1 is 0.205 bits per heavy atom. The highest BCUT2D eigenvalue weighted by molar-refractivity contribution is 6.13. The van der Waals surface area contributed by atoms with E-state index < -0.39 is 0 Å². The lowest BCUT2D eigenvalue weighted by molar-refractivity contribution is 1.04. The summed E-state index contributed by atoms with van der Waals surface area (Å²) in [4.78, 5) is 0. The quantitative estimate of drug-likeness (QED) is 0.143. The van der Waals surface area contributed by atoms with Gasteiger partial charge in [-0.05, 0) is 161 Å². The van der Waals surface area contributed by atoms with E-state index >= 15 is 0 Å². The molecule has 4 heterocycles. The van der Waals surface area contributed by atoms with E-state index in [1.807, 2.05) is 138 Å². The summed E-state index contributed by atoms with van der Waals surface area (Å²) in [6.07, 6.45) is 6.18. The predicted octanol–water partition coefficient (Wildman–Crippen LogP) is 25.9. The van der Waals surface area contributed by atoms with Gasteiger partial charge in [-0.3, -0.25) is 0 Å². The van der Waals surface area contributed by atoms with Crippen molar-refractivity contribution in [2.45, 2.75) is 177 Å². The van der Waals surface area contributed by atoms with Gasteiger partial charge in [-0.25, -0.2) is 0 Å². The van der Waals surface area contributed by atoms with Crippen LogP contribution in [0.2, 0.25) is 0 Å². The van der Waals surface area contributed by atoms with E-state index in [-0.39, 0.29) is 0 Å². The zero-order valence-corrected chi connectivity index (χ0v) is 57.5. The Bertz CT molecular complexity index is 4320. The van der Waals surface area contributed by atoms with Gasteiger partial charge in [0.15, 0.2) is 0 Å². The Labute approximate surface area is 531 Å². The van der Waals surface area contributed by atoms with Crippen molar-refractivity contribution in [1.82, 2.24) is 9.13 Å². The van der Waals surface area contributed by atoms with Crippen LogP contribution in [0.3, 0.4) is 0 Å². The molecule has 0 saturated carbocycles. The molecule has 0 saturated heterocycles. The van der Waals surface area contributed by atoms with Gasteiger partial charge in [-0.15, -0.1) is 0 Å². The van der Waals surface area contributed by atoms with Crippen molar-refractivity contribution in [3.8, 4) is 55.9 Å².